The standard InChI is InChI=1S/C12H16BrN3O3/c13-8-5-9(10(17)15-6-8)16-11(18)12(7-14)1-3-19-4-2-12/h5-6H,1-4,7,14H2,(H,15,17)(H,16,18). The SMILES string of the molecule is NCC1(C(=O)Nc2cc(Br)c[nH]c2=O)CCOCC1. The summed E-state index contributed by atoms with van der Waals surface area (Å²) in [6.45, 7) is 1.27. The Labute approximate surface area is 118 Å². The highest BCUT2D eigenvalue weighted by Gasteiger charge is 2.39. The van der Waals surface area contributed by atoms with E-state index in [1.165, 1.54) is 6.20 Å². The fourth-order valence-electron chi connectivity index (χ4n) is 2.09. The second-order valence-electron chi connectivity index (χ2n) is 4.61. The number of nitrogens with one attached hydrogen (secondary N) is 2. The van der Waals surface area contributed by atoms with E-state index < -0.39 is 5.41 Å². The Hall–Kier alpha value is -1.18. The second kappa shape index (κ2) is 5.85. The molecular formula is C12H16BrN3O3. The number of carbonyl (C=O) groups is 1. The molecule has 4 N–H and O–H groups in total. The maximum absolute atomic E-state index is 12.4. The van der Waals surface area contributed by atoms with Gasteiger partial charge in [0.2, 0.25) is 5.91 Å². The van der Waals surface area contributed by atoms with Crippen molar-refractivity contribution in [3.63, 3.8) is 0 Å². The summed E-state index contributed by atoms with van der Waals surface area (Å²) in [5.41, 5.74) is 4.99. The molecule has 0 bridgehead atoms. The molecule has 0 radical (unpaired) electrons. The van der Waals surface area contributed by atoms with Gasteiger partial charge in [-0.2, -0.15) is 0 Å². The molecule has 1 amide bonds. The van der Waals surface area contributed by atoms with Crippen LogP contribution in [0, 0.1) is 5.41 Å². The van der Waals surface area contributed by atoms with Gasteiger partial charge in [0.25, 0.3) is 5.56 Å². The van der Waals surface area contributed by atoms with Crippen molar-refractivity contribution in [2.45, 2.75) is 12.8 Å². The van der Waals surface area contributed by atoms with E-state index in [0.29, 0.717) is 30.5 Å². The third-order valence-electron chi connectivity index (χ3n) is 3.44. The summed E-state index contributed by atoms with van der Waals surface area (Å²) < 4.78 is 5.95. The summed E-state index contributed by atoms with van der Waals surface area (Å²) in [6.07, 6.45) is 2.66. The monoisotopic (exact) mass is 329 g/mol. The first-order valence-corrected chi connectivity index (χ1v) is 6.84. The molecule has 1 aromatic rings. The van der Waals surface area contributed by atoms with Crippen LogP contribution in [0.15, 0.2) is 21.5 Å². The Kier molecular flexibility index (Phi) is 4.38. The summed E-state index contributed by atoms with van der Waals surface area (Å²) in [5, 5.41) is 2.66. The Morgan fingerprint density at radius 3 is 2.84 bits per heavy atom. The quantitative estimate of drug-likeness (QED) is 0.765. The van der Waals surface area contributed by atoms with Gasteiger partial charge in [-0.25, -0.2) is 0 Å². The maximum Gasteiger partial charge on any atom is 0.271 e. The normalized spacial score (nSPS) is 18.0. The molecule has 1 aliphatic rings. The van der Waals surface area contributed by atoms with Crippen molar-refractivity contribution in [2.75, 3.05) is 25.1 Å². The molecule has 0 atom stereocenters. The van der Waals surface area contributed by atoms with Gasteiger partial charge in [0.05, 0.1) is 5.41 Å². The van der Waals surface area contributed by atoms with Crippen LogP contribution in [0.3, 0.4) is 0 Å². The van der Waals surface area contributed by atoms with Crippen LogP contribution in [0.25, 0.3) is 0 Å². The molecule has 0 saturated carbocycles. The van der Waals surface area contributed by atoms with Gasteiger partial charge >= 0.3 is 0 Å². The lowest BCUT2D eigenvalue weighted by atomic mass is 9.79. The number of aromatic amines is 1. The predicted octanol–water partition coefficient (Wildman–Crippen LogP) is 0.831. The molecule has 19 heavy (non-hydrogen) atoms. The summed E-state index contributed by atoms with van der Waals surface area (Å²) in [7, 11) is 0. The topological polar surface area (TPSA) is 97.2 Å². The number of pyridine rings is 1. The van der Waals surface area contributed by atoms with Crippen molar-refractivity contribution in [3.8, 4) is 0 Å². The lowest BCUT2D eigenvalue weighted by Gasteiger charge is -2.34. The van der Waals surface area contributed by atoms with Crippen LogP contribution in [-0.4, -0.2) is 30.6 Å². The highest BCUT2D eigenvalue weighted by molar-refractivity contribution is 9.10. The average molecular weight is 330 g/mol. The van der Waals surface area contributed by atoms with E-state index in [1.54, 1.807) is 6.07 Å². The predicted molar refractivity (Wildman–Crippen MR) is 74.9 cm³/mol. The third-order valence-corrected chi connectivity index (χ3v) is 3.90. The molecule has 6 nitrogen and oxygen atoms in total. The van der Waals surface area contributed by atoms with Gasteiger partial charge in [-0.05, 0) is 34.8 Å². The van der Waals surface area contributed by atoms with Crippen molar-refractivity contribution < 1.29 is 9.53 Å². The summed E-state index contributed by atoms with van der Waals surface area (Å²) in [6, 6.07) is 1.57. The lowest BCUT2D eigenvalue weighted by Crippen LogP contribution is -2.46. The smallest absolute Gasteiger partial charge is 0.271 e. The van der Waals surface area contributed by atoms with E-state index in [1.807, 2.05) is 0 Å². The first kappa shape index (κ1) is 14.2. The minimum atomic E-state index is -0.646. The molecule has 7 heteroatoms. The zero-order valence-electron chi connectivity index (χ0n) is 10.4. The molecule has 0 aromatic carbocycles. The number of ether oxygens (including phenoxy) is 1. The number of hydrogen-bond acceptors (Lipinski definition) is 4. The van der Waals surface area contributed by atoms with E-state index in [-0.39, 0.29) is 23.7 Å². The van der Waals surface area contributed by atoms with E-state index in [0.717, 1.165) is 0 Å². The van der Waals surface area contributed by atoms with Crippen molar-refractivity contribution in [2.24, 2.45) is 11.1 Å². The highest BCUT2D eigenvalue weighted by Crippen LogP contribution is 2.30. The minimum Gasteiger partial charge on any atom is -0.381 e. The van der Waals surface area contributed by atoms with Gasteiger partial charge in [-0.15, -0.1) is 0 Å². The molecule has 2 rings (SSSR count). The van der Waals surface area contributed by atoms with Gasteiger partial charge in [-0.3, -0.25) is 9.59 Å². The number of hydrogen-bond donors (Lipinski definition) is 3. The van der Waals surface area contributed by atoms with Crippen LogP contribution in [0.2, 0.25) is 0 Å². The van der Waals surface area contributed by atoms with Crippen LogP contribution >= 0.6 is 15.9 Å². The molecule has 1 aliphatic heterocycles. The molecular weight excluding hydrogens is 314 g/mol. The van der Waals surface area contributed by atoms with E-state index in [9.17, 15) is 9.59 Å². The number of aromatic nitrogens is 1. The van der Waals surface area contributed by atoms with Gasteiger partial charge in [-0.1, -0.05) is 0 Å². The number of anilines is 1. The van der Waals surface area contributed by atoms with Crippen molar-refractivity contribution in [1.29, 1.82) is 0 Å². The molecule has 0 aliphatic carbocycles. The zero-order chi connectivity index (χ0) is 13.9. The molecule has 0 unspecified atom stereocenters. The van der Waals surface area contributed by atoms with E-state index >= 15 is 0 Å². The van der Waals surface area contributed by atoms with Gasteiger partial charge < -0.3 is 20.8 Å². The number of carbonyl (C=O) groups excluding carboxylic acids is 1. The van der Waals surface area contributed by atoms with Crippen LogP contribution in [-0.2, 0) is 9.53 Å². The maximum atomic E-state index is 12.4. The first-order valence-electron chi connectivity index (χ1n) is 6.05. The average Bonchev–Trinajstić information content (AvgIpc) is 2.43. The fraction of sp³-hybridized carbons (Fsp3) is 0.500. The number of amides is 1. The summed E-state index contributed by atoms with van der Waals surface area (Å²) in [4.78, 5) is 26.5. The molecule has 1 aromatic heterocycles. The number of nitrogens with two attached hydrogens (primary N) is 1. The van der Waals surface area contributed by atoms with Gasteiger partial charge in [0, 0.05) is 30.4 Å². The van der Waals surface area contributed by atoms with E-state index in [2.05, 4.69) is 26.2 Å². The second-order valence-corrected chi connectivity index (χ2v) is 5.53. The van der Waals surface area contributed by atoms with Crippen molar-refractivity contribution in [3.05, 3.63) is 27.1 Å². The van der Waals surface area contributed by atoms with Crippen molar-refractivity contribution >= 4 is 27.5 Å². The Bertz CT molecular complexity index is 523. The molecule has 1 saturated heterocycles. The van der Waals surface area contributed by atoms with Gasteiger partial charge in [0.15, 0.2) is 0 Å². The Morgan fingerprint density at radius 1 is 1.53 bits per heavy atom. The first-order chi connectivity index (χ1) is 9.07. The summed E-state index contributed by atoms with van der Waals surface area (Å²) >= 11 is 3.25. The Morgan fingerprint density at radius 2 is 2.21 bits per heavy atom. The lowest BCUT2D eigenvalue weighted by molar-refractivity contribution is -0.130. The minimum absolute atomic E-state index is 0.220. The fourth-order valence-corrected chi connectivity index (χ4v) is 2.43. The highest BCUT2D eigenvalue weighted by atomic mass is 79.9. The number of halogens is 1. The molecule has 0 spiro atoms. The summed E-state index contributed by atoms with van der Waals surface area (Å²) in [5.74, 6) is -0.220. The zero-order valence-corrected chi connectivity index (χ0v) is 12.0. The van der Waals surface area contributed by atoms with Crippen molar-refractivity contribution in [1.82, 2.24) is 4.98 Å². The van der Waals surface area contributed by atoms with Crippen LogP contribution in [0.1, 0.15) is 12.8 Å². The van der Waals surface area contributed by atoms with Gasteiger partial charge in [0.1, 0.15) is 5.69 Å². The number of rotatable bonds is 3. The van der Waals surface area contributed by atoms with Crippen LogP contribution in [0.4, 0.5) is 5.69 Å². The number of H-pyrrole nitrogens is 1. The molecule has 1 fully saturated rings. The third kappa shape index (κ3) is 3.05. The largest absolute Gasteiger partial charge is 0.381 e. The van der Waals surface area contributed by atoms with Crippen LogP contribution in [0.5, 0.6) is 0 Å². The molecule has 104 valence electrons. The van der Waals surface area contributed by atoms with E-state index in [4.69, 9.17) is 10.5 Å². The van der Waals surface area contributed by atoms with Crippen LogP contribution < -0.4 is 16.6 Å². The Balaban J connectivity index is 2.19. The molecule has 2 heterocycles.